The van der Waals surface area contributed by atoms with E-state index in [1.165, 1.54) is 6.07 Å². The van der Waals surface area contributed by atoms with Crippen molar-refractivity contribution >= 4 is 15.9 Å². The Hall–Kier alpha value is -1.46. The molecule has 0 bridgehead atoms. The fourth-order valence-corrected chi connectivity index (χ4v) is 2.22. The number of aryl methyl sites for hydroxylation is 1. The zero-order valence-electron chi connectivity index (χ0n) is 11.2. The molecule has 1 aromatic heterocycles. The number of benzene rings is 1. The second-order valence-corrected chi connectivity index (χ2v) is 5.07. The van der Waals surface area contributed by atoms with Crippen LogP contribution in [0.3, 0.4) is 0 Å². The highest BCUT2D eigenvalue weighted by Gasteiger charge is 2.14. The summed E-state index contributed by atoms with van der Waals surface area (Å²) in [5.41, 5.74) is 2.43. The molecule has 0 saturated heterocycles. The largest absolute Gasteiger partial charge is 0.494 e. The Bertz CT molecular complexity index is 619. The molecule has 2 rings (SSSR count). The molecule has 1 unspecified atom stereocenters. The third-order valence-corrected chi connectivity index (χ3v) is 3.63. The number of alkyl halides is 1. The molecule has 5 heteroatoms. The number of aliphatic hydroxyl groups is 1. The Kier molecular flexibility index (Phi) is 4.73. The van der Waals surface area contributed by atoms with Crippen molar-refractivity contribution in [3.63, 3.8) is 0 Å². The summed E-state index contributed by atoms with van der Waals surface area (Å²) in [4.78, 5) is 4.43. The number of halogens is 2. The van der Waals surface area contributed by atoms with Crippen molar-refractivity contribution in [1.82, 2.24) is 4.98 Å². The number of hydrogen-bond acceptors (Lipinski definition) is 3. The van der Waals surface area contributed by atoms with E-state index in [0.29, 0.717) is 28.0 Å². The summed E-state index contributed by atoms with van der Waals surface area (Å²) in [6.45, 7) is 1.70. The van der Waals surface area contributed by atoms with Crippen molar-refractivity contribution in [3.05, 3.63) is 47.4 Å². The molecular weight excluding hydrogens is 325 g/mol. The van der Waals surface area contributed by atoms with Crippen LogP contribution in [0.1, 0.15) is 17.4 Å². The first-order chi connectivity index (χ1) is 9.56. The van der Waals surface area contributed by atoms with Crippen LogP contribution >= 0.6 is 15.9 Å². The fraction of sp³-hybridized carbons (Fsp3) is 0.267. The van der Waals surface area contributed by atoms with E-state index < -0.39 is 6.10 Å². The van der Waals surface area contributed by atoms with E-state index >= 15 is 0 Å². The Morgan fingerprint density at radius 3 is 2.70 bits per heavy atom. The van der Waals surface area contributed by atoms with Gasteiger partial charge in [-0.25, -0.2) is 9.37 Å². The number of methoxy groups -OCH3 is 1. The zero-order chi connectivity index (χ0) is 14.7. The number of aromatic nitrogens is 1. The molecular formula is C15H15BrFNO2. The highest BCUT2D eigenvalue weighted by molar-refractivity contribution is 9.09. The number of hydrogen-bond donors (Lipinski definition) is 1. The Balaban J connectivity index is 2.54. The van der Waals surface area contributed by atoms with Gasteiger partial charge in [-0.15, -0.1) is 0 Å². The lowest BCUT2D eigenvalue weighted by Crippen LogP contribution is -2.03. The average Bonchev–Trinajstić information content (AvgIpc) is 2.48. The van der Waals surface area contributed by atoms with Crippen molar-refractivity contribution in [2.75, 3.05) is 12.4 Å². The van der Waals surface area contributed by atoms with Crippen molar-refractivity contribution in [2.45, 2.75) is 13.0 Å². The Morgan fingerprint density at radius 2 is 2.10 bits per heavy atom. The topological polar surface area (TPSA) is 42.4 Å². The van der Waals surface area contributed by atoms with Gasteiger partial charge in [-0.05, 0) is 42.8 Å². The van der Waals surface area contributed by atoms with Crippen molar-refractivity contribution in [2.24, 2.45) is 0 Å². The van der Waals surface area contributed by atoms with E-state index in [2.05, 4.69) is 20.9 Å². The normalized spacial score (nSPS) is 12.2. The van der Waals surface area contributed by atoms with Crippen LogP contribution in [0.25, 0.3) is 11.3 Å². The van der Waals surface area contributed by atoms with Crippen LogP contribution in [-0.4, -0.2) is 22.5 Å². The lowest BCUT2D eigenvalue weighted by molar-refractivity contribution is 0.200. The minimum atomic E-state index is -0.693. The molecule has 106 valence electrons. The zero-order valence-corrected chi connectivity index (χ0v) is 12.8. The van der Waals surface area contributed by atoms with E-state index in [1.807, 2.05) is 0 Å². The van der Waals surface area contributed by atoms with Crippen LogP contribution in [0, 0.1) is 12.7 Å². The van der Waals surface area contributed by atoms with Gasteiger partial charge in [-0.3, -0.25) is 0 Å². The highest BCUT2D eigenvalue weighted by Crippen LogP contribution is 2.30. The fourth-order valence-electron chi connectivity index (χ4n) is 1.89. The van der Waals surface area contributed by atoms with Gasteiger partial charge < -0.3 is 9.84 Å². The Morgan fingerprint density at radius 1 is 1.35 bits per heavy atom. The number of aliphatic hydroxyl groups excluding tert-OH is 1. The summed E-state index contributed by atoms with van der Waals surface area (Å²) < 4.78 is 18.6. The molecule has 2 aromatic rings. The molecule has 0 aliphatic carbocycles. The van der Waals surface area contributed by atoms with E-state index in [-0.39, 0.29) is 5.82 Å². The molecule has 1 N–H and O–H groups in total. The van der Waals surface area contributed by atoms with E-state index in [1.54, 1.807) is 38.3 Å². The maximum atomic E-state index is 13.4. The molecule has 0 aliphatic rings. The van der Waals surface area contributed by atoms with Gasteiger partial charge in [0.1, 0.15) is 23.4 Å². The average molecular weight is 340 g/mol. The number of rotatable bonds is 4. The van der Waals surface area contributed by atoms with Crippen molar-refractivity contribution in [3.8, 4) is 17.0 Å². The van der Waals surface area contributed by atoms with Gasteiger partial charge >= 0.3 is 0 Å². The van der Waals surface area contributed by atoms with E-state index in [0.717, 1.165) is 5.56 Å². The third kappa shape index (κ3) is 2.99. The van der Waals surface area contributed by atoms with Crippen molar-refractivity contribution < 1.29 is 14.2 Å². The molecule has 0 aliphatic heterocycles. The summed E-state index contributed by atoms with van der Waals surface area (Å²) in [6.07, 6.45) is -0.693. The lowest BCUT2D eigenvalue weighted by Gasteiger charge is -2.13. The molecule has 1 atom stereocenters. The number of nitrogens with zero attached hydrogens (tertiary/aromatic N) is 1. The predicted octanol–water partition coefficient (Wildman–Crippen LogP) is 3.63. The Labute approximate surface area is 125 Å². The van der Waals surface area contributed by atoms with Crippen molar-refractivity contribution in [1.29, 1.82) is 0 Å². The smallest absolute Gasteiger partial charge is 0.145 e. The van der Waals surface area contributed by atoms with E-state index in [4.69, 9.17) is 4.74 Å². The minimum Gasteiger partial charge on any atom is -0.494 e. The number of pyridine rings is 1. The van der Waals surface area contributed by atoms with Crippen LogP contribution in [0.2, 0.25) is 0 Å². The molecule has 0 spiro atoms. The van der Waals surface area contributed by atoms with Gasteiger partial charge in [0.2, 0.25) is 0 Å². The highest BCUT2D eigenvalue weighted by atomic mass is 79.9. The SMILES string of the molecule is COc1ccc(C(O)CBr)nc1-c1ccc(F)c(C)c1. The molecule has 0 saturated carbocycles. The third-order valence-electron chi connectivity index (χ3n) is 3.02. The van der Waals surface area contributed by atoms with Gasteiger partial charge in [-0.2, -0.15) is 0 Å². The second-order valence-electron chi connectivity index (χ2n) is 4.42. The second kappa shape index (κ2) is 6.33. The first-order valence-corrected chi connectivity index (χ1v) is 7.24. The van der Waals surface area contributed by atoms with Crippen LogP contribution in [0.5, 0.6) is 5.75 Å². The van der Waals surface area contributed by atoms with E-state index in [9.17, 15) is 9.50 Å². The number of ether oxygens (including phenoxy) is 1. The van der Waals surface area contributed by atoms with Gasteiger partial charge in [0.25, 0.3) is 0 Å². The molecule has 0 amide bonds. The molecule has 20 heavy (non-hydrogen) atoms. The molecule has 1 aromatic carbocycles. The van der Waals surface area contributed by atoms with Crippen LogP contribution in [0.4, 0.5) is 4.39 Å². The summed E-state index contributed by atoms with van der Waals surface area (Å²) in [6, 6.07) is 8.23. The van der Waals surface area contributed by atoms with Crippen LogP contribution in [-0.2, 0) is 0 Å². The van der Waals surface area contributed by atoms with Gasteiger partial charge in [0.05, 0.1) is 12.8 Å². The summed E-state index contributed by atoms with van der Waals surface area (Å²) in [5.74, 6) is 0.325. The summed E-state index contributed by atoms with van der Waals surface area (Å²) in [5, 5.41) is 10.2. The quantitative estimate of drug-likeness (QED) is 0.865. The monoisotopic (exact) mass is 339 g/mol. The van der Waals surface area contributed by atoms with Crippen LogP contribution < -0.4 is 4.74 Å². The molecule has 1 heterocycles. The summed E-state index contributed by atoms with van der Waals surface area (Å²) in [7, 11) is 1.55. The molecule has 0 radical (unpaired) electrons. The lowest BCUT2D eigenvalue weighted by atomic mass is 10.1. The van der Waals surface area contributed by atoms with Crippen LogP contribution in [0.15, 0.2) is 30.3 Å². The first-order valence-electron chi connectivity index (χ1n) is 6.12. The maximum Gasteiger partial charge on any atom is 0.145 e. The van der Waals surface area contributed by atoms with Gasteiger partial charge in [0.15, 0.2) is 0 Å². The minimum absolute atomic E-state index is 0.260. The van der Waals surface area contributed by atoms with Gasteiger partial charge in [-0.1, -0.05) is 15.9 Å². The maximum absolute atomic E-state index is 13.4. The standard InChI is InChI=1S/C15H15BrFNO2/c1-9-7-10(3-4-11(9)17)15-14(20-2)6-5-12(18-15)13(19)8-16/h3-7,13,19H,8H2,1-2H3. The predicted molar refractivity (Wildman–Crippen MR) is 79.7 cm³/mol. The summed E-state index contributed by atoms with van der Waals surface area (Å²) >= 11 is 3.22. The van der Waals surface area contributed by atoms with Gasteiger partial charge in [0, 0.05) is 10.9 Å². The molecule has 3 nitrogen and oxygen atoms in total. The molecule has 0 fully saturated rings. The first kappa shape index (κ1) is 14.9.